The summed E-state index contributed by atoms with van der Waals surface area (Å²) in [6.45, 7) is 0.436. The number of hydrogen-bond donors (Lipinski definition) is 0. The van der Waals surface area contributed by atoms with E-state index in [-0.39, 0.29) is 24.0 Å². The minimum atomic E-state index is 0. The average Bonchev–Trinajstić information content (AvgIpc) is 2.99. The summed E-state index contributed by atoms with van der Waals surface area (Å²) in [5.41, 5.74) is 0. The van der Waals surface area contributed by atoms with E-state index >= 15 is 0 Å². The van der Waals surface area contributed by atoms with Gasteiger partial charge in [-0.25, -0.2) is 4.99 Å². The van der Waals surface area contributed by atoms with Crippen LogP contribution < -0.4 is 0 Å². The van der Waals surface area contributed by atoms with Crippen molar-refractivity contribution >= 4 is 29.9 Å². The predicted molar refractivity (Wildman–Crippen MR) is 80.2 cm³/mol. The van der Waals surface area contributed by atoms with Gasteiger partial charge in [-0.2, -0.15) is 4.98 Å². The first-order chi connectivity index (χ1) is 8.08. The van der Waals surface area contributed by atoms with E-state index in [4.69, 9.17) is 4.52 Å². The van der Waals surface area contributed by atoms with E-state index in [1.807, 2.05) is 38.0 Å². The van der Waals surface area contributed by atoms with Crippen LogP contribution in [0.5, 0.6) is 0 Å². The molecule has 0 unspecified atom stereocenters. The summed E-state index contributed by atoms with van der Waals surface area (Å²) in [5, 5.41) is 3.96. The van der Waals surface area contributed by atoms with Crippen LogP contribution in [0, 0.1) is 0 Å². The summed E-state index contributed by atoms with van der Waals surface area (Å²) in [6, 6.07) is 0. The van der Waals surface area contributed by atoms with Gasteiger partial charge in [0, 0.05) is 34.1 Å². The highest BCUT2D eigenvalue weighted by Crippen LogP contribution is 2.38. The molecule has 6 nitrogen and oxygen atoms in total. The van der Waals surface area contributed by atoms with Gasteiger partial charge in [0.1, 0.15) is 6.54 Å². The third-order valence-corrected chi connectivity index (χ3v) is 2.58. The molecule has 2 rings (SSSR count). The zero-order valence-corrected chi connectivity index (χ0v) is 13.6. The van der Waals surface area contributed by atoms with E-state index in [1.54, 1.807) is 0 Å². The molecule has 0 bridgehead atoms. The molecule has 1 fully saturated rings. The Labute approximate surface area is 124 Å². The molecule has 0 atom stereocenters. The number of aliphatic imine (C=N–C) groups is 1. The van der Waals surface area contributed by atoms with Crippen LogP contribution in [0.25, 0.3) is 0 Å². The van der Waals surface area contributed by atoms with Crippen LogP contribution in [0.2, 0.25) is 0 Å². The summed E-state index contributed by atoms with van der Waals surface area (Å²) >= 11 is 0. The molecule has 0 spiro atoms. The lowest BCUT2D eigenvalue weighted by atomic mass is 10.4. The zero-order chi connectivity index (χ0) is 12.4. The molecule has 1 aromatic heterocycles. The van der Waals surface area contributed by atoms with Crippen molar-refractivity contribution in [1.29, 1.82) is 0 Å². The fourth-order valence-corrected chi connectivity index (χ4v) is 1.66. The summed E-state index contributed by atoms with van der Waals surface area (Å²) < 4.78 is 5.17. The maximum absolute atomic E-state index is 5.17. The minimum absolute atomic E-state index is 0. The Morgan fingerprint density at radius 1 is 1.28 bits per heavy atom. The zero-order valence-electron chi connectivity index (χ0n) is 11.3. The van der Waals surface area contributed by atoms with Crippen molar-refractivity contribution in [1.82, 2.24) is 19.9 Å². The van der Waals surface area contributed by atoms with Crippen LogP contribution in [0.4, 0.5) is 0 Å². The highest BCUT2D eigenvalue weighted by Gasteiger charge is 2.28. The lowest BCUT2D eigenvalue weighted by Gasteiger charge is -2.22. The molecule has 1 aliphatic carbocycles. The molecule has 0 aliphatic heterocycles. The summed E-state index contributed by atoms with van der Waals surface area (Å²) in [7, 11) is 7.84. The fraction of sp³-hybridized carbons (Fsp3) is 0.727. The Bertz CT molecular complexity index is 401. The monoisotopic (exact) mass is 365 g/mol. The fourth-order valence-electron chi connectivity index (χ4n) is 1.66. The highest BCUT2D eigenvalue weighted by molar-refractivity contribution is 14.0. The molecule has 0 radical (unpaired) electrons. The maximum Gasteiger partial charge on any atom is 0.248 e. The van der Waals surface area contributed by atoms with Gasteiger partial charge in [-0.3, -0.25) is 0 Å². The van der Waals surface area contributed by atoms with Gasteiger partial charge >= 0.3 is 0 Å². The first-order valence-corrected chi connectivity index (χ1v) is 5.79. The van der Waals surface area contributed by atoms with E-state index in [9.17, 15) is 0 Å². The number of nitrogens with zero attached hydrogens (tertiary/aromatic N) is 5. The van der Waals surface area contributed by atoms with E-state index in [1.165, 1.54) is 12.8 Å². The topological polar surface area (TPSA) is 57.8 Å². The van der Waals surface area contributed by atoms with Gasteiger partial charge in [0.05, 0.1) is 0 Å². The number of guanidine groups is 1. The van der Waals surface area contributed by atoms with Gasteiger partial charge in [-0.05, 0) is 12.8 Å². The first kappa shape index (κ1) is 15.2. The molecule has 0 amide bonds. The Morgan fingerprint density at radius 3 is 2.39 bits per heavy atom. The normalized spacial score (nSPS) is 13.8. The van der Waals surface area contributed by atoms with Gasteiger partial charge in [-0.15, -0.1) is 24.0 Å². The molecular formula is C11H20IN5O. The number of hydrogen-bond acceptors (Lipinski definition) is 4. The van der Waals surface area contributed by atoms with Crippen LogP contribution in [0.15, 0.2) is 9.52 Å². The van der Waals surface area contributed by atoms with Gasteiger partial charge in [0.15, 0.2) is 11.8 Å². The second-order valence-electron chi connectivity index (χ2n) is 4.73. The van der Waals surface area contributed by atoms with Crippen LogP contribution in [0.3, 0.4) is 0 Å². The number of halogens is 1. The lowest BCUT2D eigenvalue weighted by Crippen LogP contribution is -2.35. The molecule has 18 heavy (non-hydrogen) atoms. The second kappa shape index (κ2) is 6.35. The van der Waals surface area contributed by atoms with E-state index in [0.29, 0.717) is 18.4 Å². The Hall–Kier alpha value is -0.860. The van der Waals surface area contributed by atoms with Gasteiger partial charge in [0.25, 0.3) is 0 Å². The van der Waals surface area contributed by atoms with Crippen molar-refractivity contribution in [3.05, 3.63) is 11.7 Å². The lowest BCUT2D eigenvalue weighted by molar-refractivity contribution is 0.373. The van der Waals surface area contributed by atoms with Crippen LogP contribution in [-0.4, -0.2) is 54.1 Å². The van der Waals surface area contributed by atoms with Crippen molar-refractivity contribution in [2.45, 2.75) is 25.3 Å². The Morgan fingerprint density at radius 2 is 1.89 bits per heavy atom. The van der Waals surface area contributed by atoms with E-state index in [2.05, 4.69) is 15.1 Å². The third-order valence-electron chi connectivity index (χ3n) is 2.58. The molecular weight excluding hydrogens is 345 g/mol. The molecule has 102 valence electrons. The molecule has 0 saturated heterocycles. The second-order valence-corrected chi connectivity index (χ2v) is 4.73. The van der Waals surface area contributed by atoms with Crippen LogP contribution in [0.1, 0.15) is 30.5 Å². The average molecular weight is 365 g/mol. The van der Waals surface area contributed by atoms with E-state index < -0.39 is 0 Å². The third kappa shape index (κ3) is 3.82. The van der Waals surface area contributed by atoms with Crippen molar-refractivity contribution < 1.29 is 4.52 Å². The van der Waals surface area contributed by atoms with Gasteiger partial charge < -0.3 is 14.3 Å². The molecule has 1 saturated carbocycles. The molecule has 1 aliphatic rings. The molecule has 1 aromatic rings. The summed E-state index contributed by atoms with van der Waals surface area (Å²) in [4.78, 5) is 12.7. The van der Waals surface area contributed by atoms with Gasteiger partial charge in [0.2, 0.25) is 5.89 Å². The standard InChI is InChI=1S/C11H19N5O.HI/c1-15(2)11(16(3)4)12-7-9-13-10(14-17-9)8-5-6-8;/h8H,5-7H2,1-4H3;1H. The quantitative estimate of drug-likeness (QED) is 0.462. The minimum Gasteiger partial charge on any atom is -0.349 e. The smallest absolute Gasteiger partial charge is 0.248 e. The summed E-state index contributed by atoms with van der Waals surface area (Å²) in [5.74, 6) is 2.84. The maximum atomic E-state index is 5.17. The number of aromatic nitrogens is 2. The van der Waals surface area contributed by atoms with Gasteiger partial charge in [-0.1, -0.05) is 5.16 Å². The predicted octanol–water partition coefficient (Wildman–Crippen LogP) is 1.54. The van der Waals surface area contributed by atoms with Crippen molar-refractivity contribution in [2.75, 3.05) is 28.2 Å². The number of rotatable bonds is 3. The van der Waals surface area contributed by atoms with Crippen LogP contribution >= 0.6 is 24.0 Å². The molecule has 0 aromatic carbocycles. The van der Waals surface area contributed by atoms with Crippen molar-refractivity contribution in [2.24, 2.45) is 4.99 Å². The SMILES string of the molecule is CN(C)C(=NCc1nc(C2CC2)no1)N(C)C.I. The Kier molecular flexibility index (Phi) is 5.36. The highest BCUT2D eigenvalue weighted by atomic mass is 127. The first-order valence-electron chi connectivity index (χ1n) is 5.79. The van der Waals surface area contributed by atoms with Crippen molar-refractivity contribution in [3.63, 3.8) is 0 Å². The summed E-state index contributed by atoms with van der Waals surface area (Å²) in [6.07, 6.45) is 2.37. The molecule has 0 N–H and O–H groups in total. The molecule has 7 heteroatoms. The Balaban J connectivity index is 0.00000162. The van der Waals surface area contributed by atoms with Crippen LogP contribution in [-0.2, 0) is 6.54 Å². The molecule has 1 heterocycles. The largest absolute Gasteiger partial charge is 0.349 e. The van der Waals surface area contributed by atoms with E-state index in [0.717, 1.165) is 11.8 Å². The van der Waals surface area contributed by atoms with Crippen molar-refractivity contribution in [3.8, 4) is 0 Å².